The smallest absolute Gasteiger partial charge is 0.262 e. The summed E-state index contributed by atoms with van der Waals surface area (Å²) in [6, 6.07) is 15.9. The molecular formula is C19H17ClN4O2S. The van der Waals surface area contributed by atoms with Gasteiger partial charge in [0.05, 0.1) is 10.4 Å². The SMILES string of the molecule is CN(C)c1cccc2c(S(=O)(=O)Nc3ccc4n[nH]c(Cl)c4c3)cccc12. The van der Waals surface area contributed by atoms with Gasteiger partial charge in [-0.05, 0) is 30.3 Å². The number of halogens is 1. The van der Waals surface area contributed by atoms with Crippen molar-refractivity contribution in [3.05, 3.63) is 59.8 Å². The zero-order valence-corrected chi connectivity index (χ0v) is 16.3. The molecule has 0 aliphatic carbocycles. The van der Waals surface area contributed by atoms with Crippen molar-refractivity contribution in [3.8, 4) is 0 Å². The number of sulfonamides is 1. The zero-order valence-electron chi connectivity index (χ0n) is 14.7. The summed E-state index contributed by atoms with van der Waals surface area (Å²) in [4.78, 5) is 2.18. The van der Waals surface area contributed by atoms with Crippen molar-refractivity contribution in [2.75, 3.05) is 23.7 Å². The second-order valence-electron chi connectivity index (χ2n) is 6.40. The molecule has 0 amide bonds. The van der Waals surface area contributed by atoms with Crippen molar-refractivity contribution in [1.82, 2.24) is 10.2 Å². The number of benzene rings is 3. The molecule has 0 bridgehead atoms. The Morgan fingerprint density at radius 3 is 2.52 bits per heavy atom. The second kappa shape index (κ2) is 6.44. The molecule has 0 aliphatic rings. The van der Waals surface area contributed by atoms with Crippen molar-refractivity contribution in [1.29, 1.82) is 0 Å². The minimum absolute atomic E-state index is 0.224. The van der Waals surface area contributed by atoms with Gasteiger partial charge in [-0.3, -0.25) is 9.82 Å². The van der Waals surface area contributed by atoms with E-state index in [1.54, 1.807) is 30.3 Å². The number of anilines is 2. The van der Waals surface area contributed by atoms with E-state index in [-0.39, 0.29) is 4.90 Å². The molecule has 0 saturated heterocycles. The molecule has 2 N–H and O–H groups in total. The lowest BCUT2D eigenvalue weighted by Gasteiger charge is -2.17. The highest BCUT2D eigenvalue weighted by Gasteiger charge is 2.19. The van der Waals surface area contributed by atoms with E-state index >= 15 is 0 Å². The number of aromatic nitrogens is 2. The van der Waals surface area contributed by atoms with Crippen molar-refractivity contribution in [3.63, 3.8) is 0 Å². The first-order valence-electron chi connectivity index (χ1n) is 8.22. The Balaban J connectivity index is 1.81. The van der Waals surface area contributed by atoms with E-state index in [0.717, 1.165) is 11.1 Å². The van der Waals surface area contributed by atoms with Crippen LogP contribution in [0.15, 0.2) is 59.5 Å². The van der Waals surface area contributed by atoms with E-state index < -0.39 is 10.0 Å². The molecule has 27 heavy (non-hydrogen) atoms. The fourth-order valence-corrected chi connectivity index (χ4v) is 4.61. The van der Waals surface area contributed by atoms with Crippen molar-refractivity contribution >= 4 is 54.7 Å². The molecule has 1 aromatic heterocycles. The van der Waals surface area contributed by atoms with E-state index in [1.165, 1.54) is 0 Å². The number of aromatic amines is 1. The third kappa shape index (κ3) is 3.09. The number of H-pyrrole nitrogens is 1. The van der Waals surface area contributed by atoms with Crippen LogP contribution >= 0.6 is 11.6 Å². The van der Waals surface area contributed by atoms with Gasteiger partial charge in [0, 0.05) is 41.6 Å². The van der Waals surface area contributed by atoms with Gasteiger partial charge in [-0.25, -0.2) is 8.42 Å². The molecular weight excluding hydrogens is 384 g/mol. The molecule has 3 aromatic carbocycles. The number of hydrogen-bond acceptors (Lipinski definition) is 4. The Morgan fingerprint density at radius 1 is 1.00 bits per heavy atom. The van der Waals surface area contributed by atoms with Gasteiger partial charge in [-0.15, -0.1) is 0 Å². The lowest BCUT2D eigenvalue weighted by Crippen LogP contribution is -2.14. The van der Waals surface area contributed by atoms with Crippen LogP contribution in [0.25, 0.3) is 21.7 Å². The Hall–Kier alpha value is -2.77. The molecule has 0 atom stereocenters. The number of nitrogens with zero attached hydrogens (tertiary/aromatic N) is 2. The summed E-state index contributed by atoms with van der Waals surface area (Å²) >= 11 is 6.06. The molecule has 0 saturated carbocycles. The van der Waals surface area contributed by atoms with Crippen LogP contribution in [0.5, 0.6) is 0 Å². The van der Waals surface area contributed by atoms with Crippen LogP contribution in [-0.4, -0.2) is 32.7 Å². The first kappa shape index (κ1) is 17.6. The van der Waals surface area contributed by atoms with E-state index in [0.29, 0.717) is 27.1 Å². The van der Waals surface area contributed by atoms with Gasteiger partial charge in [-0.1, -0.05) is 35.9 Å². The Kier molecular flexibility index (Phi) is 4.20. The summed E-state index contributed by atoms with van der Waals surface area (Å²) in [5.41, 5.74) is 2.05. The monoisotopic (exact) mass is 400 g/mol. The summed E-state index contributed by atoms with van der Waals surface area (Å²) in [7, 11) is 0.0681. The van der Waals surface area contributed by atoms with Gasteiger partial charge >= 0.3 is 0 Å². The highest BCUT2D eigenvalue weighted by atomic mass is 35.5. The lowest BCUT2D eigenvalue weighted by atomic mass is 10.1. The van der Waals surface area contributed by atoms with Crippen LogP contribution in [0.4, 0.5) is 11.4 Å². The van der Waals surface area contributed by atoms with Crippen LogP contribution in [0, 0.1) is 0 Å². The van der Waals surface area contributed by atoms with Gasteiger partial charge in [-0.2, -0.15) is 5.10 Å². The predicted octanol–water partition coefficient (Wildman–Crippen LogP) is 4.24. The van der Waals surface area contributed by atoms with Crippen molar-refractivity contribution < 1.29 is 8.42 Å². The Morgan fingerprint density at radius 2 is 1.74 bits per heavy atom. The number of hydrogen-bond donors (Lipinski definition) is 2. The highest BCUT2D eigenvalue weighted by molar-refractivity contribution is 7.93. The maximum absolute atomic E-state index is 13.1. The first-order chi connectivity index (χ1) is 12.9. The quantitative estimate of drug-likeness (QED) is 0.537. The topological polar surface area (TPSA) is 78.1 Å². The van der Waals surface area contributed by atoms with Crippen LogP contribution in [0.2, 0.25) is 5.15 Å². The maximum Gasteiger partial charge on any atom is 0.262 e. The first-order valence-corrected chi connectivity index (χ1v) is 10.1. The van der Waals surface area contributed by atoms with E-state index in [1.807, 2.05) is 43.3 Å². The predicted molar refractivity (Wildman–Crippen MR) is 110 cm³/mol. The second-order valence-corrected chi connectivity index (χ2v) is 8.43. The largest absolute Gasteiger partial charge is 0.377 e. The number of fused-ring (bicyclic) bond motifs is 2. The van der Waals surface area contributed by atoms with E-state index in [2.05, 4.69) is 14.9 Å². The standard InChI is InChI=1S/C19H17ClN4O2S/c1-24(2)17-7-3-6-14-13(17)5-4-8-18(14)27(25,26)23-12-9-10-16-15(11-12)19(20)22-21-16/h3-11,23H,1-2H3,(H,21,22). The molecule has 0 radical (unpaired) electrons. The third-order valence-corrected chi connectivity index (χ3v) is 6.12. The van der Waals surface area contributed by atoms with Gasteiger partial charge in [0.1, 0.15) is 5.15 Å². The molecule has 0 fully saturated rings. The van der Waals surface area contributed by atoms with Crippen molar-refractivity contribution in [2.24, 2.45) is 0 Å². The van der Waals surface area contributed by atoms with Crippen molar-refractivity contribution in [2.45, 2.75) is 4.90 Å². The fourth-order valence-electron chi connectivity index (χ4n) is 3.14. The molecule has 1 heterocycles. The molecule has 4 rings (SSSR count). The maximum atomic E-state index is 13.1. The van der Waals surface area contributed by atoms with Gasteiger partial charge < -0.3 is 4.90 Å². The summed E-state index contributed by atoms with van der Waals surface area (Å²) in [5.74, 6) is 0. The molecule has 0 unspecified atom stereocenters. The van der Waals surface area contributed by atoms with Gasteiger partial charge in [0.25, 0.3) is 10.0 Å². The summed E-state index contributed by atoms with van der Waals surface area (Å²) in [6.45, 7) is 0. The average molecular weight is 401 g/mol. The minimum Gasteiger partial charge on any atom is -0.377 e. The third-order valence-electron chi connectivity index (χ3n) is 4.39. The summed E-state index contributed by atoms with van der Waals surface area (Å²) < 4.78 is 28.8. The highest BCUT2D eigenvalue weighted by Crippen LogP contribution is 2.31. The Bertz CT molecular complexity index is 1270. The Labute approximate surface area is 161 Å². The molecule has 0 aliphatic heterocycles. The normalized spacial score (nSPS) is 11.8. The lowest BCUT2D eigenvalue weighted by molar-refractivity contribution is 0.602. The minimum atomic E-state index is -3.79. The van der Waals surface area contributed by atoms with Crippen LogP contribution in [-0.2, 0) is 10.0 Å². The van der Waals surface area contributed by atoms with Crippen LogP contribution in [0.1, 0.15) is 0 Å². The zero-order chi connectivity index (χ0) is 19.2. The molecule has 8 heteroatoms. The molecule has 6 nitrogen and oxygen atoms in total. The molecule has 138 valence electrons. The summed E-state index contributed by atoms with van der Waals surface area (Å²) in [5, 5.41) is 9.28. The van der Waals surface area contributed by atoms with E-state index in [9.17, 15) is 8.42 Å². The number of nitrogens with one attached hydrogen (secondary N) is 2. The van der Waals surface area contributed by atoms with Gasteiger partial charge in [0.2, 0.25) is 0 Å². The van der Waals surface area contributed by atoms with Crippen LogP contribution < -0.4 is 9.62 Å². The van der Waals surface area contributed by atoms with E-state index in [4.69, 9.17) is 11.6 Å². The molecule has 4 aromatic rings. The fraction of sp³-hybridized carbons (Fsp3) is 0.105. The van der Waals surface area contributed by atoms with Gasteiger partial charge in [0.15, 0.2) is 0 Å². The molecule has 0 spiro atoms. The number of rotatable bonds is 4. The van der Waals surface area contributed by atoms with Crippen LogP contribution in [0.3, 0.4) is 0 Å². The average Bonchev–Trinajstić information content (AvgIpc) is 3.00. The summed E-state index contributed by atoms with van der Waals surface area (Å²) in [6.07, 6.45) is 0.